The molecule has 140 valence electrons. The molecule has 0 spiro atoms. The van der Waals surface area contributed by atoms with Crippen molar-refractivity contribution < 1.29 is 14.3 Å². The zero-order valence-corrected chi connectivity index (χ0v) is 16.3. The first-order valence-electron chi connectivity index (χ1n) is 8.18. The first-order valence-corrected chi connectivity index (χ1v) is 9.06. The second kappa shape index (κ2) is 8.96. The van der Waals surface area contributed by atoms with Gasteiger partial charge in [0.25, 0.3) is 5.91 Å². The highest BCUT2D eigenvalue weighted by Gasteiger charge is 2.18. The Bertz CT molecular complexity index is 894. The van der Waals surface area contributed by atoms with Gasteiger partial charge < -0.3 is 10.1 Å². The number of ether oxygens (including phenoxy) is 1. The highest BCUT2D eigenvalue weighted by molar-refractivity contribution is 7.14. The Labute approximate surface area is 161 Å². The summed E-state index contributed by atoms with van der Waals surface area (Å²) in [6.45, 7) is 5.07. The minimum absolute atomic E-state index is 0.0422. The first kappa shape index (κ1) is 20.1. The summed E-state index contributed by atoms with van der Waals surface area (Å²) in [6.07, 6.45) is 1.41. The zero-order chi connectivity index (χ0) is 20.0. The molecule has 1 N–H and O–H groups in total. The maximum absolute atomic E-state index is 12.1. The van der Waals surface area contributed by atoms with Crippen LogP contribution in [0.1, 0.15) is 26.5 Å². The minimum atomic E-state index is -0.458. The van der Waals surface area contributed by atoms with Crippen molar-refractivity contribution in [3.05, 3.63) is 40.9 Å². The molecular weight excluding hydrogens is 364 g/mol. The van der Waals surface area contributed by atoms with E-state index in [1.54, 1.807) is 36.8 Å². The van der Waals surface area contributed by atoms with Crippen LogP contribution in [-0.4, -0.2) is 29.9 Å². The second-order valence-electron chi connectivity index (χ2n) is 5.91. The highest BCUT2D eigenvalue weighted by Crippen LogP contribution is 2.30. The van der Waals surface area contributed by atoms with Gasteiger partial charge in [0, 0.05) is 18.3 Å². The van der Waals surface area contributed by atoms with Crippen LogP contribution in [0.5, 0.6) is 5.75 Å². The summed E-state index contributed by atoms with van der Waals surface area (Å²) < 4.78 is 5.13. The molecular formula is C19H20N4O3S. The summed E-state index contributed by atoms with van der Waals surface area (Å²) in [6, 6.07) is 8.82. The molecule has 0 saturated carbocycles. The number of benzene rings is 1. The molecule has 0 radical (unpaired) electrons. The summed E-state index contributed by atoms with van der Waals surface area (Å²) >= 11 is 1.25. The fourth-order valence-electron chi connectivity index (χ4n) is 2.24. The normalized spacial score (nSPS) is 11.0. The van der Waals surface area contributed by atoms with Crippen molar-refractivity contribution in [1.29, 1.82) is 5.26 Å². The lowest BCUT2D eigenvalue weighted by Gasteiger charge is -2.18. The molecule has 7 nitrogen and oxygen atoms in total. The number of nitrogens with one attached hydrogen (secondary N) is 1. The van der Waals surface area contributed by atoms with Gasteiger partial charge >= 0.3 is 0 Å². The number of hydrogen-bond donors (Lipinski definition) is 1. The van der Waals surface area contributed by atoms with E-state index in [9.17, 15) is 14.9 Å². The van der Waals surface area contributed by atoms with E-state index in [0.29, 0.717) is 22.3 Å². The third-order valence-electron chi connectivity index (χ3n) is 3.42. The molecule has 0 bridgehead atoms. The van der Waals surface area contributed by atoms with Gasteiger partial charge in [0.1, 0.15) is 17.4 Å². The quantitative estimate of drug-likeness (QED) is 0.609. The van der Waals surface area contributed by atoms with Crippen LogP contribution in [0.3, 0.4) is 0 Å². The van der Waals surface area contributed by atoms with Crippen molar-refractivity contribution in [2.75, 3.05) is 12.0 Å². The zero-order valence-electron chi connectivity index (χ0n) is 15.5. The minimum Gasteiger partial charge on any atom is -0.497 e. The predicted octanol–water partition coefficient (Wildman–Crippen LogP) is 3.27. The van der Waals surface area contributed by atoms with E-state index in [4.69, 9.17) is 4.74 Å². The van der Waals surface area contributed by atoms with Gasteiger partial charge in [-0.2, -0.15) is 5.26 Å². The standard InChI is InChI=1S/C19H20N4O3S/c1-12(2)21-18(25)14(10-20)9-15-11-27-19(22-15)23(13(3)24)16-5-7-17(26-4)8-6-16/h5-9,11-12H,1-4H3,(H,21,25)/b14-9+. The van der Waals surface area contributed by atoms with Crippen LogP contribution in [0.4, 0.5) is 10.8 Å². The summed E-state index contributed by atoms with van der Waals surface area (Å²) in [5.41, 5.74) is 1.04. The molecule has 0 aliphatic heterocycles. The van der Waals surface area contributed by atoms with E-state index in [1.165, 1.54) is 29.2 Å². The number of rotatable bonds is 6. The van der Waals surface area contributed by atoms with Crippen molar-refractivity contribution in [3.63, 3.8) is 0 Å². The van der Waals surface area contributed by atoms with Gasteiger partial charge in [-0.25, -0.2) is 4.98 Å². The molecule has 0 unspecified atom stereocenters. The molecule has 2 rings (SSSR count). The SMILES string of the molecule is COc1ccc(N(C(C)=O)c2nc(/C=C(\C#N)C(=O)NC(C)C)cs2)cc1. The van der Waals surface area contributed by atoms with Gasteiger partial charge in [-0.05, 0) is 44.2 Å². The molecule has 1 aromatic heterocycles. The maximum atomic E-state index is 12.1. The first-order chi connectivity index (χ1) is 12.8. The summed E-state index contributed by atoms with van der Waals surface area (Å²) in [4.78, 5) is 30.0. The Balaban J connectivity index is 2.32. The average molecular weight is 384 g/mol. The van der Waals surface area contributed by atoms with E-state index in [0.717, 1.165) is 0 Å². The monoisotopic (exact) mass is 384 g/mol. The number of thiazole rings is 1. The number of anilines is 2. The van der Waals surface area contributed by atoms with Gasteiger partial charge in [0.05, 0.1) is 18.5 Å². The van der Waals surface area contributed by atoms with Gasteiger partial charge in [-0.1, -0.05) is 0 Å². The van der Waals surface area contributed by atoms with E-state index in [2.05, 4.69) is 10.3 Å². The van der Waals surface area contributed by atoms with Crippen LogP contribution in [0.15, 0.2) is 35.2 Å². The highest BCUT2D eigenvalue weighted by atomic mass is 32.1. The van der Waals surface area contributed by atoms with Crippen LogP contribution < -0.4 is 15.0 Å². The third kappa shape index (κ3) is 5.15. The van der Waals surface area contributed by atoms with Crippen LogP contribution in [0, 0.1) is 11.3 Å². The number of carbonyl (C=O) groups excluding carboxylic acids is 2. The Hall–Kier alpha value is -3.18. The number of carbonyl (C=O) groups is 2. The molecule has 1 aromatic carbocycles. The Morgan fingerprint density at radius 2 is 2.00 bits per heavy atom. The van der Waals surface area contributed by atoms with Crippen molar-refractivity contribution >= 4 is 40.0 Å². The summed E-state index contributed by atoms with van der Waals surface area (Å²) in [7, 11) is 1.57. The Kier molecular flexibility index (Phi) is 6.68. The van der Waals surface area contributed by atoms with E-state index >= 15 is 0 Å². The van der Waals surface area contributed by atoms with E-state index in [1.807, 2.05) is 19.9 Å². The lowest BCUT2D eigenvalue weighted by Crippen LogP contribution is -2.30. The molecule has 2 amide bonds. The van der Waals surface area contributed by atoms with Gasteiger partial charge in [-0.15, -0.1) is 11.3 Å². The van der Waals surface area contributed by atoms with Crippen molar-refractivity contribution in [1.82, 2.24) is 10.3 Å². The third-order valence-corrected chi connectivity index (χ3v) is 4.27. The predicted molar refractivity (Wildman–Crippen MR) is 105 cm³/mol. The topological polar surface area (TPSA) is 95.3 Å². The van der Waals surface area contributed by atoms with E-state index in [-0.39, 0.29) is 17.5 Å². The van der Waals surface area contributed by atoms with Crippen molar-refractivity contribution in [3.8, 4) is 11.8 Å². The Morgan fingerprint density at radius 1 is 1.33 bits per heavy atom. The fourth-order valence-corrected chi connectivity index (χ4v) is 3.08. The second-order valence-corrected chi connectivity index (χ2v) is 6.74. The summed E-state index contributed by atoms with van der Waals surface area (Å²) in [5, 5.41) is 14.0. The number of aromatic nitrogens is 1. The van der Waals surface area contributed by atoms with Gasteiger partial charge in [0.15, 0.2) is 5.13 Å². The van der Waals surface area contributed by atoms with Crippen LogP contribution in [-0.2, 0) is 9.59 Å². The summed E-state index contributed by atoms with van der Waals surface area (Å²) in [5.74, 6) is 0.0172. The van der Waals surface area contributed by atoms with Crippen LogP contribution >= 0.6 is 11.3 Å². The lowest BCUT2D eigenvalue weighted by molar-refractivity contribution is -0.117. The van der Waals surface area contributed by atoms with Gasteiger partial charge in [0.2, 0.25) is 5.91 Å². The number of methoxy groups -OCH3 is 1. The molecule has 1 heterocycles. The van der Waals surface area contributed by atoms with Crippen LogP contribution in [0.25, 0.3) is 6.08 Å². The van der Waals surface area contributed by atoms with Crippen LogP contribution in [0.2, 0.25) is 0 Å². The molecule has 0 aliphatic rings. The largest absolute Gasteiger partial charge is 0.497 e. The molecule has 0 atom stereocenters. The molecule has 2 aromatic rings. The van der Waals surface area contributed by atoms with Crippen molar-refractivity contribution in [2.24, 2.45) is 0 Å². The van der Waals surface area contributed by atoms with Crippen molar-refractivity contribution in [2.45, 2.75) is 26.8 Å². The number of hydrogen-bond acceptors (Lipinski definition) is 6. The smallest absolute Gasteiger partial charge is 0.262 e. The molecule has 0 aliphatic carbocycles. The lowest BCUT2D eigenvalue weighted by atomic mass is 10.2. The van der Waals surface area contributed by atoms with E-state index < -0.39 is 5.91 Å². The number of nitriles is 1. The average Bonchev–Trinajstić information content (AvgIpc) is 3.07. The molecule has 0 saturated heterocycles. The molecule has 0 fully saturated rings. The molecule has 8 heteroatoms. The Morgan fingerprint density at radius 3 is 2.52 bits per heavy atom. The molecule has 27 heavy (non-hydrogen) atoms. The fraction of sp³-hybridized carbons (Fsp3) is 0.263. The number of nitrogens with zero attached hydrogens (tertiary/aromatic N) is 3. The maximum Gasteiger partial charge on any atom is 0.262 e. The van der Waals surface area contributed by atoms with Gasteiger partial charge in [-0.3, -0.25) is 14.5 Å². The number of amides is 2.